The lowest BCUT2D eigenvalue weighted by Gasteiger charge is -2.19. The van der Waals surface area contributed by atoms with Gasteiger partial charge in [0.15, 0.2) is 0 Å². The average molecular weight is 406 g/mol. The SMILES string of the molecule is Cc1ccc(O)c(-c2cc(-c3cccc(F)c3)cc(NCCC3CCCN3C)n2)c1. The maximum Gasteiger partial charge on any atom is 0.127 e. The van der Waals surface area contributed by atoms with Crippen LogP contribution >= 0.6 is 0 Å². The number of aromatic nitrogens is 1. The van der Waals surface area contributed by atoms with E-state index in [1.807, 2.05) is 37.3 Å². The molecular formula is C25H28FN3O. The molecule has 30 heavy (non-hydrogen) atoms. The van der Waals surface area contributed by atoms with Crippen LogP contribution < -0.4 is 5.32 Å². The highest BCUT2D eigenvalue weighted by atomic mass is 19.1. The van der Waals surface area contributed by atoms with Gasteiger partial charge in [-0.3, -0.25) is 0 Å². The number of halogens is 1. The van der Waals surface area contributed by atoms with E-state index in [-0.39, 0.29) is 11.6 Å². The molecule has 3 aromatic rings. The van der Waals surface area contributed by atoms with Gasteiger partial charge >= 0.3 is 0 Å². The van der Waals surface area contributed by atoms with Crippen LogP contribution in [0.3, 0.4) is 0 Å². The van der Waals surface area contributed by atoms with Gasteiger partial charge in [-0.2, -0.15) is 0 Å². The van der Waals surface area contributed by atoms with Crippen LogP contribution in [0.4, 0.5) is 10.2 Å². The molecule has 0 bridgehead atoms. The summed E-state index contributed by atoms with van der Waals surface area (Å²) in [5.41, 5.74) is 4.02. The van der Waals surface area contributed by atoms with Gasteiger partial charge in [-0.1, -0.05) is 23.8 Å². The average Bonchev–Trinajstić information content (AvgIpc) is 3.14. The second kappa shape index (κ2) is 8.84. The van der Waals surface area contributed by atoms with Crippen LogP contribution in [-0.2, 0) is 0 Å². The third-order valence-electron chi connectivity index (χ3n) is 5.87. The molecule has 0 saturated carbocycles. The Kier molecular flexibility index (Phi) is 6.00. The van der Waals surface area contributed by atoms with E-state index in [0.717, 1.165) is 42.0 Å². The van der Waals surface area contributed by atoms with Gasteiger partial charge in [-0.15, -0.1) is 0 Å². The van der Waals surface area contributed by atoms with E-state index in [1.165, 1.54) is 25.0 Å². The maximum absolute atomic E-state index is 13.8. The monoisotopic (exact) mass is 405 g/mol. The first-order valence-corrected chi connectivity index (χ1v) is 10.5. The number of hydrogen-bond donors (Lipinski definition) is 2. The van der Waals surface area contributed by atoms with Crippen LogP contribution in [0.5, 0.6) is 5.75 Å². The molecule has 2 heterocycles. The molecule has 156 valence electrons. The lowest BCUT2D eigenvalue weighted by Crippen LogP contribution is -2.27. The number of rotatable bonds is 6. The van der Waals surface area contributed by atoms with Crippen molar-refractivity contribution in [2.45, 2.75) is 32.2 Å². The number of benzene rings is 2. The number of hydrogen-bond acceptors (Lipinski definition) is 4. The zero-order valence-electron chi connectivity index (χ0n) is 17.5. The lowest BCUT2D eigenvalue weighted by atomic mass is 10.0. The number of nitrogens with one attached hydrogen (secondary N) is 1. The summed E-state index contributed by atoms with van der Waals surface area (Å²) in [5, 5.41) is 13.9. The Hall–Kier alpha value is -2.92. The van der Waals surface area contributed by atoms with Gasteiger partial charge in [-0.25, -0.2) is 9.37 Å². The van der Waals surface area contributed by atoms with Gasteiger partial charge in [0.1, 0.15) is 17.4 Å². The number of aromatic hydroxyl groups is 1. The molecule has 4 nitrogen and oxygen atoms in total. The Labute approximate surface area is 177 Å². The Morgan fingerprint density at radius 3 is 2.77 bits per heavy atom. The molecule has 2 N–H and O–H groups in total. The normalized spacial score (nSPS) is 16.7. The fourth-order valence-electron chi connectivity index (χ4n) is 4.16. The molecule has 4 rings (SSSR count). The summed E-state index contributed by atoms with van der Waals surface area (Å²) in [5.74, 6) is 0.638. The summed E-state index contributed by atoms with van der Waals surface area (Å²) in [6.07, 6.45) is 3.54. The van der Waals surface area contributed by atoms with E-state index in [4.69, 9.17) is 4.98 Å². The minimum atomic E-state index is -0.275. The number of aryl methyl sites for hydroxylation is 1. The largest absolute Gasteiger partial charge is 0.507 e. The molecule has 0 spiro atoms. The van der Waals surface area contributed by atoms with Crippen molar-refractivity contribution in [3.8, 4) is 28.1 Å². The Morgan fingerprint density at radius 2 is 2.00 bits per heavy atom. The van der Waals surface area contributed by atoms with Gasteiger partial charge in [0.25, 0.3) is 0 Å². The molecule has 0 radical (unpaired) electrons. The molecular weight excluding hydrogens is 377 g/mol. The standard InChI is InChI=1S/C25H28FN3O/c1-17-8-9-24(30)22(13-17)23-15-19(18-5-3-6-20(26)14-18)16-25(28-23)27-11-10-21-7-4-12-29(21)2/h3,5-6,8-9,13-16,21,30H,4,7,10-12H2,1-2H3,(H,27,28). The Balaban J connectivity index is 1.66. The predicted molar refractivity (Wildman–Crippen MR) is 120 cm³/mol. The van der Waals surface area contributed by atoms with Crippen molar-refractivity contribution in [1.82, 2.24) is 9.88 Å². The Bertz CT molecular complexity index is 1040. The van der Waals surface area contributed by atoms with Gasteiger partial charge in [-0.05, 0) is 87.3 Å². The number of pyridine rings is 1. The van der Waals surface area contributed by atoms with E-state index in [0.29, 0.717) is 17.3 Å². The first-order valence-electron chi connectivity index (χ1n) is 10.5. The summed E-state index contributed by atoms with van der Waals surface area (Å²) >= 11 is 0. The van der Waals surface area contributed by atoms with Gasteiger partial charge in [0.2, 0.25) is 0 Å². The van der Waals surface area contributed by atoms with Crippen LogP contribution in [0.2, 0.25) is 0 Å². The third kappa shape index (κ3) is 4.62. The fraction of sp³-hybridized carbons (Fsp3) is 0.320. The van der Waals surface area contributed by atoms with Crippen molar-refractivity contribution < 1.29 is 9.50 Å². The number of nitrogens with zero attached hydrogens (tertiary/aromatic N) is 2. The highest BCUT2D eigenvalue weighted by Gasteiger charge is 2.20. The van der Waals surface area contributed by atoms with Crippen molar-refractivity contribution in [3.63, 3.8) is 0 Å². The Morgan fingerprint density at radius 1 is 1.13 bits per heavy atom. The highest BCUT2D eigenvalue weighted by molar-refractivity contribution is 5.76. The van der Waals surface area contributed by atoms with Crippen molar-refractivity contribution in [2.24, 2.45) is 0 Å². The molecule has 1 atom stereocenters. The smallest absolute Gasteiger partial charge is 0.127 e. The summed E-state index contributed by atoms with van der Waals surface area (Å²) in [7, 11) is 2.18. The van der Waals surface area contributed by atoms with E-state index >= 15 is 0 Å². The molecule has 5 heteroatoms. The summed E-state index contributed by atoms with van der Waals surface area (Å²) in [4.78, 5) is 7.17. The third-order valence-corrected chi connectivity index (χ3v) is 5.87. The second-order valence-corrected chi connectivity index (χ2v) is 8.15. The molecule has 1 fully saturated rings. The minimum Gasteiger partial charge on any atom is -0.507 e. The molecule has 1 aromatic heterocycles. The van der Waals surface area contributed by atoms with Crippen LogP contribution in [0.1, 0.15) is 24.8 Å². The quantitative estimate of drug-likeness (QED) is 0.571. The van der Waals surface area contributed by atoms with Gasteiger partial charge in [0.05, 0.1) is 5.69 Å². The second-order valence-electron chi connectivity index (χ2n) is 8.15. The molecule has 0 aliphatic carbocycles. The number of phenols is 1. The van der Waals surface area contributed by atoms with Crippen LogP contribution in [0, 0.1) is 12.7 Å². The van der Waals surface area contributed by atoms with Gasteiger partial charge < -0.3 is 15.3 Å². The molecule has 1 aliphatic heterocycles. The molecule has 0 amide bonds. The number of phenolic OH excluding ortho intramolecular Hbond substituents is 1. The van der Waals surface area contributed by atoms with E-state index in [9.17, 15) is 9.50 Å². The topological polar surface area (TPSA) is 48.4 Å². The number of anilines is 1. The molecule has 1 saturated heterocycles. The molecule has 1 unspecified atom stereocenters. The van der Waals surface area contributed by atoms with E-state index in [1.54, 1.807) is 12.1 Å². The van der Waals surface area contributed by atoms with Crippen molar-refractivity contribution in [1.29, 1.82) is 0 Å². The zero-order valence-corrected chi connectivity index (χ0v) is 17.5. The summed E-state index contributed by atoms with van der Waals surface area (Å²) < 4.78 is 13.8. The number of likely N-dealkylation sites (tertiary alicyclic amines) is 1. The lowest BCUT2D eigenvalue weighted by molar-refractivity contribution is 0.301. The zero-order chi connectivity index (χ0) is 21.1. The van der Waals surface area contributed by atoms with E-state index < -0.39 is 0 Å². The summed E-state index contributed by atoms with van der Waals surface area (Å²) in [6.45, 7) is 3.96. The minimum absolute atomic E-state index is 0.183. The maximum atomic E-state index is 13.8. The van der Waals surface area contributed by atoms with E-state index in [2.05, 4.69) is 17.3 Å². The first-order chi connectivity index (χ1) is 14.5. The van der Waals surface area contributed by atoms with Crippen molar-refractivity contribution >= 4 is 5.82 Å². The summed E-state index contributed by atoms with van der Waals surface area (Å²) in [6, 6.07) is 16.5. The van der Waals surface area contributed by atoms with Crippen LogP contribution in [-0.4, -0.2) is 41.2 Å². The predicted octanol–water partition coefficient (Wildman–Crippen LogP) is 5.46. The molecule has 1 aliphatic rings. The van der Waals surface area contributed by atoms with Gasteiger partial charge in [0, 0.05) is 18.2 Å². The highest BCUT2D eigenvalue weighted by Crippen LogP contribution is 2.33. The first kappa shape index (κ1) is 20.4. The van der Waals surface area contributed by atoms with Crippen LogP contribution in [0.15, 0.2) is 54.6 Å². The van der Waals surface area contributed by atoms with Crippen molar-refractivity contribution in [3.05, 3.63) is 66.0 Å². The van der Waals surface area contributed by atoms with Crippen LogP contribution in [0.25, 0.3) is 22.4 Å². The fourth-order valence-corrected chi connectivity index (χ4v) is 4.16. The molecule has 2 aromatic carbocycles. The van der Waals surface area contributed by atoms with Crippen molar-refractivity contribution in [2.75, 3.05) is 25.5 Å².